The summed E-state index contributed by atoms with van der Waals surface area (Å²) in [7, 11) is 1.56. The van der Waals surface area contributed by atoms with E-state index >= 15 is 0 Å². The lowest BCUT2D eigenvalue weighted by molar-refractivity contribution is 0.112. The van der Waals surface area contributed by atoms with Crippen LogP contribution in [0.3, 0.4) is 0 Å². The molecular formula is C15H12N4O2. The van der Waals surface area contributed by atoms with Crippen LogP contribution >= 0.6 is 0 Å². The third kappa shape index (κ3) is 2.27. The van der Waals surface area contributed by atoms with E-state index in [1.165, 1.54) is 6.20 Å². The lowest BCUT2D eigenvalue weighted by Crippen LogP contribution is -1.99. The van der Waals surface area contributed by atoms with E-state index < -0.39 is 0 Å². The summed E-state index contributed by atoms with van der Waals surface area (Å²) in [5, 5.41) is 0. The molecule has 6 heteroatoms. The van der Waals surface area contributed by atoms with Gasteiger partial charge in [0.2, 0.25) is 5.88 Å². The van der Waals surface area contributed by atoms with Gasteiger partial charge in [-0.15, -0.1) is 0 Å². The van der Waals surface area contributed by atoms with Crippen molar-refractivity contribution in [2.24, 2.45) is 0 Å². The number of pyridine rings is 3. The van der Waals surface area contributed by atoms with Crippen molar-refractivity contribution in [1.29, 1.82) is 0 Å². The number of fused-ring (bicyclic) bond motifs is 1. The van der Waals surface area contributed by atoms with Crippen LogP contribution in [0.15, 0.2) is 36.7 Å². The highest BCUT2D eigenvalue weighted by Crippen LogP contribution is 2.25. The first-order valence-corrected chi connectivity index (χ1v) is 6.23. The molecule has 3 heterocycles. The number of ether oxygens (including phenoxy) is 1. The number of nitrogens with zero attached hydrogens (tertiary/aromatic N) is 3. The highest BCUT2D eigenvalue weighted by atomic mass is 16.5. The second kappa shape index (κ2) is 5.16. The summed E-state index contributed by atoms with van der Waals surface area (Å²) in [6.07, 6.45) is 3.78. The quantitative estimate of drug-likeness (QED) is 0.739. The molecule has 3 rings (SSSR count). The van der Waals surface area contributed by atoms with Crippen LogP contribution in [0.5, 0.6) is 5.88 Å². The number of hydrogen-bond donors (Lipinski definition) is 1. The second-order valence-electron chi connectivity index (χ2n) is 4.40. The molecule has 0 radical (unpaired) electrons. The van der Waals surface area contributed by atoms with Gasteiger partial charge in [-0.2, -0.15) is 0 Å². The van der Waals surface area contributed by atoms with Crippen LogP contribution in [0.1, 0.15) is 10.4 Å². The number of carbonyl (C=O) groups excluding carboxylic acids is 1. The highest BCUT2D eigenvalue weighted by Gasteiger charge is 2.09. The van der Waals surface area contributed by atoms with Gasteiger partial charge < -0.3 is 10.5 Å². The first-order valence-electron chi connectivity index (χ1n) is 6.23. The molecule has 0 aliphatic rings. The molecule has 3 aromatic heterocycles. The van der Waals surface area contributed by atoms with Crippen LogP contribution < -0.4 is 10.5 Å². The Bertz CT molecular complexity index is 816. The van der Waals surface area contributed by atoms with Gasteiger partial charge in [-0.05, 0) is 18.2 Å². The largest absolute Gasteiger partial charge is 0.481 e. The van der Waals surface area contributed by atoms with Crippen LogP contribution in [0.2, 0.25) is 0 Å². The van der Waals surface area contributed by atoms with Crippen LogP contribution in [-0.4, -0.2) is 28.3 Å². The normalized spacial score (nSPS) is 10.5. The van der Waals surface area contributed by atoms with Gasteiger partial charge in [0.25, 0.3) is 0 Å². The molecule has 0 saturated carbocycles. The zero-order valence-electron chi connectivity index (χ0n) is 11.3. The van der Waals surface area contributed by atoms with Crippen LogP contribution in [-0.2, 0) is 0 Å². The number of aldehydes is 1. The Kier molecular flexibility index (Phi) is 3.19. The minimum Gasteiger partial charge on any atom is -0.481 e. The maximum Gasteiger partial charge on any atom is 0.212 e. The van der Waals surface area contributed by atoms with Gasteiger partial charge in [-0.3, -0.25) is 9.78 Å². The van der Waals surface area contributed by atoms with Crippen molar-refractivity contribution < 1.29 is 9.53 Å². The van der Waals surface area contributed by atoms with Crippen molar-refractivity contribution in [2.75, 3.05) is 12.8 Å². The molecule has 0 fully saturated rings. The van der Waals surface area contributed by atoms with Crippen LogP contribution in [0.25, 0.3) is 22.3 Å². The van der Waals surface area contributed by atoms with Gasteiger partial charge in [-0.25, -0.2) is 9.97 Å². The predicted octanol–water partition coefficient (Wildman–Crippen LogP) is 2.10. The van der Waals surface area contributed by atoms with E-state index in [9.17, 15) is 4.79 Å². The SMILES string of the molecule is COc1ccc(-c2ccc3ncc(C=O)c(N)c3n2)cn1. The van der Waals surface area contributed by atoms with Gasteiger partial charge in [0.05, 0.1) is 29.6 Å². The number of carbonyl (C=O) groups is 1. The van der Waals surface area contributed by atoms with Crippen molar-refractivity contribution >= 4 is 23.0 Å². The minimum absolute atomic E-state index is 0.332. The van der Waals surface area contributed by atoms with Gasteiger partial charge in [0.15, 0.2) is 6.29 Å². The molecule has 0 aliphatic carbocycles. The molecular weight excluding hydrogens is 268 g/mol. The first-order chi connectivity index (χ1) is 10.2. The summed E-state index contributed by atoms with van der Waals surface area (Å²) >= 11 is 0. The average molecular weight is 280 g/mol. The van der Waals surface area contributed by atoms with Crippen LogP contribution in [0.4, 0.5) is 5.69 Å². The van der Waals surface area contributed by atoms with Gasteiger partial charge in [0, 0.05) is 24.0 Å². The molecule has 0 atom stereocenters. The van der Waals surface area contributed by atoms with Gasteiger partial charge in [0.1, 0.15) is 5.52 Å². The molecule has 0 aromatic carbocycles. The summed E-state index contributed by atoms with van der Waals surface area (Å²) in [5.74, 6) is 0.531. The van der Waals surface area contributed by atoms with Gasteiger partial charge >= 0.3 is 0 Å². The Labute approximate surface area is 120 Å². The fourth-order valence-electron chi connectivity index (χ4n) is 2.01. The topological polar surface area (TPSA) is 91.0 Å². The van der Waals surface area contributed by atoms with E-state index in [0.29, 0.717) is 40.1 Å². The van der Waals surface area contributed by atoms with E-state index in [0.717, 1.165) is 5.56 Å². The number of aromatic nitrogens is 3. The molecule has 0 spiro atoms. The third-order valence-corrected chi connectivity index (χ3v) is 3.15. The number of nitrogens with two attached hydrogens (primary N) is 1. The lowest BCUT2D eigenvalue weighted by atomic mass is 10.1. The van der Waals surface area contributed by atoms with E-state index in [1.54, 1.807) is 19.4 Å². The van der Waals surface area contributed by atoms with E-state index in [1.807, 2.05) is 18.2 Å². The number of methoxy groups -OCH3 is 1. The zero-order chi connectivity index (χ0) is 14.8. The zero-order valence-corrected chi connectivity index (χ0v) is 11.3. The maximum absolute atomic E-state index is 10.9. The van der Waals surface area contributed by atoms with Crippen LogP contribution in [0, 0.1) is 0 Å². The molecule has 0 bridgehead atoms. The number of rotatable bonds is 3. The molecule has 104 valence electrons. The molecule has 2 N–H and O–H groups in total. The van der Waals surface area contributed by atoms with Crippen molar-refractivity contribution in [1.82, 2.24) is 15.0 Å². The fourth-order valence-corrected chi connectivity index (χ4v) is 2.01. The highest BCUT2D eigenvalue weighted by molar-refractivity contribution is 5.97. The second-order valence-corrected chi connectivity index (χ2v) is 4.40. The standard InChI is InChI=1S/C15H12N4O2/c1-21-13-5-2-9(6-18-13)11-3-4-12-15(19-11)14(16)10(8-20)7-17-12/h2-8H,1H3,(H2,16,17). The Hall–Kier alpha value is -3.02. The van der Waals surface area contributed by atoms with Crippen molar-refractivity contribution in [3.8, 4) is 17.1 Å². The Morgan fingerprint density at radius 1 is 1.14 bits per heavy atom. The first kappa shape index (κ1) is 13.0. The van der Waals surface area contributed by atoms with E-state index in [-0.39, 0.29) is 0 Å². The molecule has 0 saturated heterocycles. The average Bonchev–Trinajstić information content (AvgIpc) is 2.55. The summed E-state index contributed by atoms with van der Waals surface area (Å²) < 4.78 is 5.02. The maximum atomic E-state index is 10.9. The Balaban J connectivity index is 2.14. The minimum atomic E-state index is 0.332. The summed E-state index contributed by atoms with van der Waals surface area (Å²) in [6, 6.07) is 7.25. The van der Waals surface area contributed by atoms with E-state index in [2.05, 4.69) is 15.0 Å². The fraction of sp³-hybridized carbons (Fsp3) is 0.0667. The molecule has 3 aromatic rings. The molecule has 0 unspecified atom stereocenters. The number of nitrogen functional groups attached to an aromatic ring is 1. The van der Waals surface area contributed by atoms with Crippen molar-refractivity contribution in [3.63, 3.8) is 0 Å². The smallest absolute Gasteiger partial charge is 0.212 e. The lowest BCUT2D eigenvalue weighted by Gasteiger charge is -2.06. The summed E-state index contributed by atoms with van der Waals surface area (Å²) in [6.45, 7) is 0. The third-order valence-electron chi connectivity index (χ3n) is 3.15. The van der Waals surface area contributed by atoms with Crippen molar-refractivity contribution in [3.05, 3.63) is 42.2 Å². The van der Waals surface area contributed by atoms with Gasteiger partial charge in [-0.1, -0.05) is 0 Å². The molecule has 0 amide bonds. The number of hydrogen-bond acceptors (Lipinski definition) is 6. The van der Waals surface area contributed by atoms with E-state index in [4.69, 9.17) is 10.5 Å². The molecule has 6 nitrogen and oxygen atoms in total. The summed E-state index contributed by atoms with van der Waals surface area (Å²) in [5.41, 5.74) is 9.30. The molecule has 21 heavy (non-hydrogen) atoms. The number of anilines is 1. The predicted molar refractivity (Wildman–Crippen MR) is 79.1 cm³/mol. The Morgan fingerprint density at radius 2 is 2.00 bits per heavy atom. The Morgan fingerprint density at radius 3 is 2.67 bits per heavy atom. The molecule has 0 aliphatic heterocycles. The van der Waals surface area contributed by atoms with Crippen molar-refractivity contribution in [2.45, 2.75) is 0 Å². The summed E-state index contributed by atoms with van der Waals surface area (Å²) in [4.78, 5) is 23.7. The monoisotopic (exact) mass is 280 g/mol.